The van der Waals surface area contributed by atoms with Gasteiger partial charge in [-0.05, 0) is 25.0 Å². The molecule has 1 aromatic carbocycles. The van der Waals surface area contributed by atoms with E-state index in [0.29, 0.717) is 16.8 Å². The third kappa shape index (κ3) is 7.67. The average molecular weight is 489 g/mol. The minimum absolute atomic E-state index is 0.0307. The molecule has 2 heterocycles. The van der Waals surface area contributed by atoms with Gasteiger partial charge in [-0.1, -0.05) is 56.4 Å². The molecule has 178 valence electrons. The van der Waals surface area contributed by atoms with Crippen molar-refractivity contribution >= 4 is 34.1 Å². The summed E-state index contributed by atoms with van der Waals surface area (Å²) >= 11 is 3.03. The van der Waals surface area contributed by atoms with E-state index in [4.69, 9.17) is 4.42 Å². The van der Waals surface area contributed by atoms with Gasteiger partial charge in [0.25, 0.3) is 0 Å². The predicted molar refractivity (Wildman–Crippen MR) is 134 cm³/mol. The van der Waals surface area contributed by atoms with Gasteiger partial charge in [0.05, 0.1) is 35.4 Å². The number of aromatic nitrogens is 2. The Hall–Kier alpha value is -2.20. The number of rotatable bonds is 10. The van der Waals surface area contributed by atoms with Crippen LogP contribution in [-0.4, -0.2) is 33.6 Å². The molecule has 7 nitrogen and oxygen atoms in total. The van der Waals surface area contributed by atoms with Gasteiger partial charge in [0.1, 0.15) is 5.76 Å². The highest BCUT2D eigenvalue weighted by molar-refractivity contribution is 8.00. The second-order valence-corrected chi connectivity index (χ2v) is 11.4. The Kier molecular flexibility index (Phi) is 8.69. The van der Waals surface area contributed by atoms with Crippen molar-refractivity contribution in [2.75, 3.05) is 11.9 Å². The molecule has 0 aliphatic rings. The number of hydrogen-bond donors (Lipinski definition) is 3. The van der Waals surface area contributed by atoms with Crippen molar-refractivity contribution in [1.82, 2.24) is 15.3 Å². The van der Waals surface area contributed by atoms with E-state index in [1.54, 1.807) is 24.2 Å². The van der Waals surface area contributed by atoms with E-state index < -0.39 is 0 Å². The van der Waals surface area contributed by atoms with E-state index in [1.165, 1.54) is 11.3 Å². The van der Waals surface area contributed by atoms with Crippen LogP contribution in [0.25, 0.3) is 0 Å². The molecule has 0 aliphatic heterocycles. The third-order valence-electron chi connectivity index (χ3n) is 5.01. The standard InChI is InChI=1S/C24H32N4O3S2/c1-15(13-29)27-16(2)18-8-6-17(7-9-18)10-20(30)28-23-26-12-22(33-23)32-14-21-25-11-19(31-21)24(3,4)5/h6-9,11-12,15-16,27,29H,10,13-14H2,1-5H3,(H,26,28,30). The molecular formula is C24H32N4O3S2. The molecule has 2 aromatic heterocycles. The van der Waals surface area contributed by atoms with Gasteiger partial charge in [0.2, 0.25) is 11.8 Å². The van der Waals surface area contributed by atoms with E-state index in [0.717, 1.165) is 21.1 Å². The molecule has 0 radical (unpaired) electrons. The third-order valence-corrected chi connectivity index (χ3v) is 7.11. The van der Waals surface area contributed by atoms with Crippen molar-refractivity contribution in [2.24, 2.45) is 0 Å². The van der Waals surface area contributed by atoms with E-state index in [2.05, 4.69) is 48.3 Å². The van der Waals surface area contributed by atoms with Crippen LogP contribution in [0.1, 0.15) is 63.4 Å². The summed E-state index contributed by atoms with van der Waals surface area (Å²) in [5, 5.41) is 16.0. The highest BCUT2D eigenvalue weighted by Crippen LogP contribution is 2.31. The molecule has 0 fully saturated rings. The van der Waals surface area contributed by atoms with E-state index in [9.17, 15) is 9.90 Å². The summed E-state index contributed by atoms with van der Waals surface area (Å²) in [4.78, 5) is 21.1. The lowest BCUT2D eigenvalue weighted by Gasteiger charge is -2.18. The predicted octanol–water partition coefficient (Wildman–Crippen LogP) is 4.93. The van der Waals surface area contributed by atoms with Gasteiger partial charge in [0, 0.05) is 17.5 Å². The van der Waals surface area contributed by atoms with Crippen LogP contribution in [-0.2, 0) is 22.4 Å². The summed E-state index contributed by atoms with van der Waals surface area (Å²) in [7, 11) is 0. The monoisotopic (exact) mass is 488 g/mol. The number of nitrogens with zero attached hydrogens (tertiary/aromatic N) is 2. The maximum Gasteiger partial charge on any atom is 0.230 e. The number of aliphatic hydroxyl groups is 1. The quantitative estimate of drug-likeness (QED) is 0.348. The zero-order chi connectivity index (χ0) is 24.0. The van der Waals surface area contributed by atoms with Gasteiger partial charge >= 0.3 is 0 Å². The number of oxazole rings is 1. The molecule has 1 amide bonds. The van der Waals surface area contributed by atoms with E-state index in [1.807, 2.05) is 31.2 Å². The van der Waals surface area contributed by atoms with Crippen LogP contribution < -0.4 is 10.6 Å². The van der Waals surface area contributed by atoms with Crippen molar-refractivity contribution in [3.05, 3.63) is 59.4 Å². The van der Waals surface area contributed by atoms with Crippen LogP contribution in [0.2, 0.25) is 0 Å². The maximum atomic E-state index is 12.5. The Morgan fingerprint density at radius 2 is 1.91 bits per heavy atom. The molecule has 33 heavy (non-hydrogen) atoms. The SMILES string of the molecule is CC(CO)NC(C)c1ccc(CC(=O)Nc2ncc(SCc3ncc(C(C)(C)C)o3)s2)cc1. The Bertz CT molecular complexity index is 1040. The number of amides is 1. The Morgan fingerprint density at radius 3 is 2.55 bits per heavy atom. The fourth-order valence-electron chi connectivity index (χ4n) is 3.09. The Morgan fingerprint density at radius 1 is 1.18 bits per heavy atom. The van der Waals surface area contributed by atoms with Crippen molar-refractivity contribution in [2.45, 2.75) is 68.5 Å². The molecule has 0 aliphatic carbocycles. The molecule has 2 atom stereocenters. The maximum absolute atomic E-state index is 12.5. The molecule has 9 heteroatoms. The fourth-order valence-corrected chi connectivity index (χ4v) is 4.83. The fraction of sp³-hybridized carbons (Fsp3) is 0.458. The minimum Gasteiger partial charge on any atom is -0.444 e. The molecule has 0 saturated heterocycles. The lowest BCUT2D eigenvalue weighted by atomic mass is 9.94. The van der Waals surface area contributed by atoms with Crippen LogP contribution in [0.4, 0.5) is 5.13 Å². The number of carbonyl (C=O) groups is 1. The Labute approximate surface area is 203 Å². The summed E-state index contributed by atoms with van der Waals surface area (Å²) in [5.41, 5.74) is 1.98. The van der Waals surface area contributed by atoms with Crippen LogP contribution in [0, 0.1) is 0 Å². The molecule has 0 spiro atoms. The summed E-state index contributed by atoms with van der Waals surface area (Å²) < 4.78 is 6.81. The topological polar surface area (TPSA) is 100 Å². The van der Waals surface area contributed by atoms with Gasteiger partial charge in [0.15, 0.2) is 5.13 Å². The molecule has 0 saturated carbocycles. The zero-order valence-electron chi connectivity index (χ0n) is 19.7. The summed E-state index contributed by atoms with van der Waals surface area (Å²) in [5.74, 6) is 2.07. The number of hydrogen-bond acceptors (Lipinski definition) is 8. The number of carbonyl (C=O) groups excluding carboxylic acids is 1. The van der Waals surface area contributed by atoms with Crippen LogP contribution >= 0.6 is 23.1 Å². The summed E-state index contributed by atoms with van der Waals surface area (Å²) in [6.07, 6.45) is 3.83. The molecular weight excluding hydrogens is 456 g/mol. The van der Waals surface area contributed by atoms with Gasteiger partial charge < -0.3 is 20.2 Å². The normalized spacial score (nSPS) is 13.6. The smallest absolute Gasteiger partial charge is 0.230 e. The first-order chi connectivity index (χ1) is 15.6. The van der Waals surface area contributed by atoms with E-state index >= 15 is 0 Å². The number of thioether (sulfide) groups is 1. The van der Waals surface area contributed by atoms with Gasteiger partial charge in [-0.3, -0.25) is 4.79 Å². The summed E-state index contributed by atoms with van der Waals surface area (Å²) in [6.45, 7) is 10.4. The first kappa shape index (κ1) is 25.4. The lowest BCUT2D eigenvalue weighted by Crippen LogP contribution is -2.31. The van der Waals surface area contributed by atoms with Gasteiger partial charge in [-0.25, -0.2) is 9.97 Å². The zero-order valence-corrected chi connectivity index (χ0v) is 21.3. The number of aliphatic hydroxyl groups excluding tert-OH is 1. The van der Waals surface area contributed by atoms with Crippen LogP contribution in [0.3, 0.4) is 0 Å². The molecule has 3 N–H and O–H groups in total. The van der Waals surface area contributed by atoms with E-state index in [-0.39, 0.29) is 36.4 Å². The molecule has 3 rings (SSSR count). The molecule has 0 bridgehead atoms. The number of nitrogens with one attached hydrogen (secondary N) is 2. The van der Waals surface area contributed by atoms with Gasteiger partial charge in [-0.2, -0.15) is 0 Å². The number of anilines is 1. The summed E-state index contributed by atoms with van der Waals surface area (Å²) in [6, 6.07) is 8.09. The Balaban J connectivity index is 1.48. The molecule has 2 unspecified atom stereocenters. The largest absolute Gasteiger partial charge is 0.444 e. The average Bonchev–Trinajstić information content (AvgIpc) is 3.42. The second kappa shape index (κ2) is 11.3. The number of benzene rings is 1. The van der Waals surface area contributed by atoms with Crippen molar-refractivity contribution in [1.29, 1.82) is 0 Å². The van der Waals surface area contributed by atoms with Crippen LogP contribution in [0.15, 0.2) is 45.3 Å². The highest BCUT2D eigenvalue weighted by atomic mass is 32.2. The lowest BCUT2D eigenvalue weighted by molar-refractivity contribution is -0.115. The van der Waals surface area contributed by atoms with Gasteiger partial charge in [-0.15, -0.1) is 11.8 Å². The van der Waals surface area contributed by atoms with Crippen molar-refractivity contribution in [3.8, 4) is 0 Å². The van der Waals surface area contributed by atoms with Crippen molar-refractivity contribution in [3.63, 3.8) is 0 Å². The number of thiazole rings is 1. The molecule has 3 aromatic rings. The van der Waals surface area contributed by atoms with Crippen LogP contribution in [0.5, 0.6) is 0 Å². The second-order valence-electron chi connectivity index (χ2n) is 9.08. The minimum atomic E-state index is -0.101. The van der Waals surface area contributed by atoms with Crippen molar-refractivity contribution < 1.29 is 14.3 Å². The first-order valence-electron chi connectivity index (χ1n) is 10.9. The first-order valence-corrected chi connectivity index (χ1v) is 12.7. The highest BCUT2D eigenvalue weighted by Gasteiger charge is 2.19.